The van der Waals surface area contributed by atoms with Gasteiger partial charge >= 0.3 is 29.6 Å². The number of hydrogen-bond donors (Lipinski definition) is 1. The van der Waals surface area contributed by atoms with Crippen molar-refractivity contribution in [2.24, 2.45) is 0 Å². The maximum Gasteiger partial charge on any atom is 1.00 e. The van der Waals surface area contributed by atoms with Crippen LogP contribution < -0.4 is 29.6 Å². The Morgan fingerprint density at radius 1 is 0.655 bits per heavy atom. The Kier molecular flexibility index (Phi) is 24.4. The Hall–Kier alpha value is 0.870. The fraction of sp³-hybridized carbons (Fsp3) is 1.00. The molecule has 29 heavy (non-hydrogen) atoms. The second kappa shape index (κ2) is 22.1. The molecular formula is C23H47NaO4S. The van der Waals surface area contributed by atoms with Gasteiger partial charge in [-0.1, -0.05) is 104 Å². The zero-order chi connectivity index (χ0) is 21.1. The van der Waals surface area contributed by atoms with Gasteiger partial charge in [0.2, 0.25) is 0 Å². The molecule has 4 nitrogen and oxygen atoms in total. The molecule has 0 heterocycles. The minimum Gasteiger partial charge on any atom is -0.748 e. The second-order valence-corrected chi connectivity index (χ2v) is 10.1. The van der Waals surface area contributed by atoms with Gasteiger partial charge in [-0.15, -0.1) is 0 Å². The fourth-order valence-electron chi connectivity index (χ4n) is 3.78. The molecule has 0 saturated heterocycles. The number of unbranched alkanes of at least 4 members (excludes halogenated alkanes) is 13. The van der Waals surface area contributed by atoms with Gasteiger partial charge in [0.1, 0.15) is 0 Å². The number of hydrogen-bond acceptors (Lipinski definition) is 4. The normalized spacial score (nSPS) is 13.8. The van der Waals surface area contributed by atoms with E-state index in [0.29, 0.717) is 32.1 Å². The van der Waals surface area contributed by atoms with E-state index in [1.54, 1.807) is 0 Å². The molecule has 0 saturated carbocycles. The van der Waals surface area contributed by atoms with Gasteiger partial charge in [-0.3, -0.25) is 0 Å². The van der Waals surface area contributed by atoms with Crippen molar-refractivity contribution in [3.05, 3.63) is 0 Å². The Morgan fingerprint density at radius 3 is 1.41 bits per heavy atom. The molecule has 2 atom stereocenters. The van der Waals surface area contributed by atoms with E-state index in [-0.39, 0.29) is 35.7 Å². The smallest absolute Gasteiger partial charge is 0.748 e. The van der Waals surface area contributed by atoms with E-state index in [0.717, 1.165) is 19.3 Å². The predicted molar refractivity (Wildman–Crippen MR) is 119 cm³/mol. The van der Waals surface area contributed by atoms with Gasteiger partial charge in [-0.2, -0.15) is 0 Å². The maximum atomic E-state index is 11.4. The van der Waals surface area contributed by atoms with Crippen LogP contribution in [0, 0.1) is 0 Å². The van der Waals surface area contributed by atoms with E-state index in [1.807, 2.05) is 6.92 Å². The maximum absolute atomic E-state index is 11.4. The van der Waals surface area contributed by atoms with Crippen molar-refractivity contribution >= 4 is 10.1 Å². The summed E-state index contributed by atoms with van der Waals surface area (Å²) in [7, 11) is -4.22. The molecule has 0 radical (unpaired) electrons. The number of rotatable bonds is 21. The Morgan fingerprint density at radius 2 is 1.03 bits per heavy atom. The van der Waals surface area contributed by atoms with Crippen LogP contribution >= 0.6 is 0 Å². The zero-order valence-electron chi connectivity index (χ0n) is 19.7. The summed E-state index contributed by atoms with van der Waals surface area (Å²) in [6.07, 6.45) is 20.1. The molecule has 2 unspecified atom stereocenters. The van der Waals surface area contributed by atoms with Crippen LogP contribution in [0.1, 0.15) is 136 Å². The van der Waals surface area contributed by atoms with E-state index in [1.165, 1.54) is 70.6 Å². The largest absolute Gasteiger partial charge is 1.00 e. The van der Waals surface area contributed by atoms with Gasteiger partial charge in [0.15, 0.2) is 0 Å². The summed E-state index contributed by atoms with van der Waals surface area (Å²) in [5.41, 5.74) is 0. The van der Waals surface area contributed by atoms with E-state index < -0.39 is 15.4 Å². The summed E-state index contributed by atoms with van der Waals surface area (Å²) < 4.78 is 34.3. The summed E-state index contributed by atoms with van der Waals surface area (Å²) in [4.78, 5) is 0. The van der Waals surface area contributed by atoms with Gasteiger partial charge in [0, 0.05) is 5.25 Å². The van der Waals surface area contributed by atoms with Gasteiger partial charge < -0.3 is 9.66 Å². The topological polar surface area (TPSA) is 77.4 Å². The molecule has 0 aliphatic carbocycles. The summed E-state index contributed by atoms with van der Waals surface area (Å²) >= 11 is 0. The van der Waals surface area contributed by atoms with Crippen LogP contribution in [0.3, 0.4) is 0 Å². The molecule has 6 heteroatoms. The molecule has 0 aromatic rings. The van der Waals surface area contributed by atoms with Crippen molar-refractivity contribution < 1.29 is 47.6 Å². The molecule has 0 fully saturated rings. The van der Waals surface area contributed by atoms with Gasteiger partial charge in [-0.25, -0.2) is 8.42 Å². The molecule has 0 amide bonds. The van der Waals surface area contributed by atoms with E-state index >= 15 is 0 Å². The molecule has 0 aromatic heterocycles. The SMILES string of the molecule is CCCCCCCCCCCCCCCCC(CCCC(O)CC)S(=O)(=O)[O-].[Na+]. The summed E-state index contributed by atoms with van der Waals surface area (Å²) in [6.45, 7) is 4.16. The van der Waals surface area contributed by atoms with Crippen LogP contribution in [0.15, 0.2) is 0 Å². The quantitative estimate of drug-likeness (QED) is 0.167. The summed E-state index contributed by atoms with van der Waals surface area (Å²) in [6, 6.07) is 0. The van der Waals surface area contributed by atoms with Crippen LogP contribution in [-0.4, -0.2) is 29.4 Å². The van der Waals surface area contributed by atoms with Gasteiger partial charge in [0.05, 0.1) is 16.2 Å². The van der Waals surface area contributed by atoms with Crippen LogP contribution in [0.5, 0.6) is 0 Å². The molecule has 0 aliphatic rings. The van der Waals surface area contributed by atoms with Crippen molar-refractivity contribution in [3.63, 3.8) is 0 Å². The molecule has 0 aliphatic heterocycles. The van der Waals surface area contributed by atoms with Crippen molar-refractivity contribution in [2.75, 3.05) is 0 Å². The van der Waals surface area contributed by atoms with E-state index in [9.17, 15) is 18.1 Å². The van der Waals surface area contributed by atoms with Crippen molar-refractivity contribution in [1.82, 2.24) is 0 Å². The summed E-state index contributed by atoms with van der Waals surface area (Å²) in [5, 5.41) is 8.78. The minimum absolute atomic E-state index is 0. The third kappa shape index (κ3) is 21.9. The van der Waals surface area contributed by atoms with Crippen molar-refractivity contribution in [3.8, 4) is 0 Å². The first kappa shape index (κ1) is 32.1. The van der Waals surface area contributed by atoms with Crippen molar-refractivity contribution in [2.45, 2.75) is 147 Å². The first-order valence-electron chi connectivity index (χ1n) is 12.0. The Balaban J connectivity index is 0. The third-order valence-electron chi connectivity index (χ3n) is 5.82. The minimum atomic E-state index is -4.22. The van der Waals surface area contributed by atoms with Crippen LogP contribution in [-0.2, 0) is 10.1 Å². The van der Waals surface area contributed by atoms with E-state index in [4.69, 9.17) is 0 Å². The third-order valence-corrected chi connectivity index (χ3v) is 7.11. The molecule has 0 aromatic carbocycles. The number of aliphatic hydroxyl groups is 1. The average Bonchev–Trinajstić information content (AvgIpc) is 2.65. The standard InChI is InChI=1S/C23H48O4S.Na/c1-3-5-6-7-8-9-10-11-12-13-14-15-16-17-20-23(28(25,26)27)21-18-19-22(24)4-2;/h22-24H,3-21H2,1-2H3,(H,25,26,27);/q;+1/p-1. The van der Waals surface area contributed by atoms with Gasteiger partial charge in [0.25, 0.3) is 0 Å². The van der Waals surface area contributed by atoms with Crippen LogP contribution in [0.25, 0.3) is 0 Å². The average molecular weight is 443 g/mol. The molecule has 0 rings (SSSR count). The first-order valence-corrected chi connectivity index (χ1v) is 13.5. The fourth-order valence-corrected chi connectivity index (χ4v) is 4.70. The Bertz CT molecular complexity index is 429. The molecular weight excluding hydrogens is 395 g/mol. The zero-order valence-corrected chi connectivity index (χ0v) is 22.5. The number of aliphatic hydroxyl groups excluding tert-OH is 1. The van der Waals surface area contributed by atoms with Crippen LogP contribution in [0.4, 0.5) is 0 Å². The van der Waals surface area contributed by atoms with Crippen molar-refractivity contribution in [1.29, 1.82) is 0 Å². The van der Waals surface area contributed by atoms with E-state index in [2.05, 4.69) is 6.92 Å². The molecule has 1 N–H and O–H groups in total. The second-order valence-electron chi connectivity index (χ2n) is 8.49. The van der Waals surface area contributed by atoms with Gasteiger partial charge in [-0.05, 0) is 32.1 Å². The molecule has 0 bridgehead atoms. The first-order chi connectivity index (χ1) is 13.4. The Labute approximate surface area is 204 Å². The monoisotopic (exact) mass is 442 g/mol. The molecule has 170 valence electrons. The summed E-state index contributed by atoms with van der Waals surface area (Å²) in [5.74, 6) is 0. The predicted octanol–water partition coefficient (Wildman–Crippen LogP) is 3.72. The molecule has 0 spiro atoms. The van der Waals surface area contributed by atoms with Crippen LogP contribution in [0.2, 0.25) is 0 Å².